The van der Waals surface area contributed by atoms with Gasteiger partial charge in [-0.2, -0.15) is 0 Å². The average molecular weight is 316 g/mol. The Morgan fingerprint density at radius 3 is 2.91 bits per heavy atom. The van der Waals surface area contributed by atoms with E-state index in [0.29, 0.717) is 29.4 Å². The molecule has 23 heavy (non-hydrogen) atoms. The summed E-state index contributed by atoms with van der Waals surface area (Å²) >= 11 is 0. The topological polar surface area (TPSA) is 103 Å². The molecular weight excluding hydrogens is 296 g/mol. The van der Waals surface area contributed by atoms with Crippen LogP contribution in [0, 0.1) is 5.92 Å². The molecule has 0 atom stereocenters. The number of carbonyl (C=O) groups excluding carboxylic acids is 2. The summed E-state index contributed by atoms with van der Waals surface area (Å²) in [5, 5.41) is 5.55. The van der Waals surface area contributed by atoms with E-state index in [1.54, 1.807) is 19.2 Å². The number of urea groups is 1. The lowest BCUT2D eigenvalue weighted by Gasteiger charge is -2.31. The van der Waals surface area contributed by atoms with E-state index >= 15 is 0 Å². The highest BCUT2D eigenvalue weighted by Crippen LogP contribution is 2.16. The molecule has 2 aromatic rings. The lowest BCUT2D eigenvalue weighted by molar-refractivity contribution is -0.130. The highest BCUT2D eigenvalue weighted by Gasteiger charge is 2.21. The van der Waals surface area contributed by atoms with E-state index in [0.717, 1.165) is 25.9 Å². The van der Waals surface area contributed by atoms with Crippen molar-refractivity contribution < 1.29 is 9.59 Å². The summed E-state index contributed by atoms with van der Waals surface area (Å²) in [6.07, 6.45) is 5.09. The van der Waals surface area contributed by atoms with E-state index < -0.39 is 0 Å². The summed E-state index contributed by atoms with van der Waals surface area (Å²) in [5.41, 5.74) is 1.40. The van der Waals surface area contributed by atoms with Crippen molar-refractivity contribution in [1.29, 1.82) is 0 Å². The number of likely N-dealkylation sites (tertiary alicyclic amines) is 1. The van der Waals surface area contributed by atoms with E-state index in [4.69, 9.17) is 0 Å². The van der Waals surface area contributed by atoms with Gasteiger partial charge in [0.25, 0.3) is 0 Å². The first-order chi connectivity index (χ1) is 11.1. The van der Waals surface area contributed by atoms with Crippen molar-refractivity contribution in [2.75, 3.05) is 25.0 Å². The second-order valence-corrected chi connectivity index (χ2v) is 5.75. The molecule has 8 heteroatoms. The first kappa shape index (κ1) is 15.3. The predicted octanol–water partition coefficient (Wildman–Crippen LogP) is 1.34. The van der Waals surface area contributed by atoms with E-state index in [1.807, 2.05) is 4.90 Å². The number of nitrogens with one attached hydrogen (secondary N) is 3. The minimum absolute atomic E-state index is 0.118. The van der Waals surface area contributed by atoms with Gasteiger partial charge < -0.3 is 15.2 Å². The number of aromatic nitrogens is 3. The van der Waals surface area contributed by atoms with Crippen LogP contribution in [0.1, 0.15) is 19.8 Å². The van der Waals surface area contributed by atoms with Crippen molar-refractivity contribution in [3.05, 3.63) is 18.5 Å². The number of aromatic amines is 1. The summed E-state index contributed by atoms with van der Waals surface area (Å²) in [4.78, 5) is 36.5. The van der Waals surface area contributed by atoms with Gasteiger partial charge in [-0.25, -0.2) is 14.8 Å². The van der Waals surface area contributed by atoms with Gasteiger partial charge in [-0.05, 0) is 24.8 Å². The minimum Gasteiger partial charge on any atom is -0.345 e. The molecule has 1 aliphatic heterocycles. The molecule has 0 saturated carbocycles. The Kier molecular flexibility index (Phi) is 4.40. The van der Waals surface area contributed by atoms with Gasteiger partial charge in [0.1, 0.15) is 5.52 Å². The van der Waals surface area contributed by atoms with Crippen molar-refractivity contribution in [2.45, 2.75) is 19.8 Å². The number of hydrogen-bond acceptors (Lipinski definition) is 4. The minimum atomic E-state index is -0.289. The summed E-state index contributed by atoms with van der Waals surface area (Å²) < 4.78 is 0. The van der Waals surface area contributed by atoms with Gasteiger partial charge in [-0.15, -0.1) is 0 Å². The molecule has 122 valence electrons. The number of fused-ring (bicyclic) bond motifs is 1. The number of H-pyrrole nitrogens is 1. The van der Waals surface area contributed by atoms with Crippen LogP contribution in [0.25, 0.3) is 11.2 Å². The number of rotatable bonds is 3. The summed E-state index contributed by atoms with van der Waals surface area (Å²) in [6, 6.07) is 1.51. The van der Waals surface area contributed by atoms with Crippen molar-refractivity contribution >= 4 is 28.9 Å². The third-order valence-corrected chi connectivity index (χ3v) is 4.11. The van der Waals surface area contributed by atoms with Crippen LogP contribution in [0.4, 0.5) is 10.6 Å². The summed E-state index contributed by atoms with van der Waals surface area (Å²) in [6.45, 7) is 3.71. The molecule has 2 aromatic heterocycles. The molecule has 0 aromatic carbocycles. The Morgan fingerprint density at radius 1 is 1.39 bits per heavy atom. The highest BCUT2D eigenvalue weighted by atomic mass is 16.2. The van der Waals surface area contributed by atoms with Crippen LogP contribution < -0.4 is 10.6 Å². The monoisotopic (exact) mass is 316 g/mol. The molecule has 3 N–H and O–H groups in total. The van der Waals surface area contributed by atoms with Crippen LogP contribution in [0.5, 0.6) is 0 Å². The van der Waals surface area contributed by atoms with Crippen LogP contribution in [0.2, 0.25) is 0 Å². The quantitative estimate of drug-likeness (QED) is 0.795. The molecule has 1 aliphatic rings. The molecule has 0 bridgehead atoms. The average Bonchev–Trinajstić information content (AvgIpc) is 3.01. The fraction of sp³-hybridized carbons (Fsp3) is 0.467. The van der Waals surface area contributed by atoms with Crippen LogP contribution in [0.15, 0.2) is 18.5 Å². The number of amides is 3. The Hall–Kier alpha value is -2.64. The SMILES string of the molecule is CC(=O)N1CCC(CNC(=O)Nc2cnc3[nH]ccc3n2)CC1. The van der Waals surface area contributed by atoms with Crippen LogP contribution in [-0.2, 0) is 4.79 Å². The van der Waals surface area contributed by atoms with E-state index in [2.05, 4.69) is 25.6 Å². The van der Waals surface area contributed by atoms with Gasteiger partial charge in [0, 0.05) is 32.8 Å². The summed E-state index contributed by atoms with van der Waals surface area (Å²) in [5.74, 6) is 0.934. The standard InChI is InChI=1S/C15H20N6O2/c1-10(22)21-6-3-11(4-7-21)8-18-15(23)20-13-9-17-14-12(19-13)2-5-16-14/h2,5,9,11H,3-4,6-8H2,1H3,(H,16,17)(H2,18,19,20,23). The second kappa shape index (κ2) is 6.64. The molecule has 3 rings (SSSR count). The van der Waals surface area contributed by atoms with Crippen LogP contribution in [0.3, 0.4) is 0 Å². The molecule has 1 saturated heterocycles. The number of nitrogens with zero attached hydrogens (tertiary/aromatic N) is 3. The maximum atomic E-state index is 11.9. The fourth-order valence-corrected chi connectivity index (χ4v) is 2.74. The normalized spacial score (nSPS) is 15.6. The maximum Gasteiger partial charge on any atom is 0.320 e. The number of piperidine rings is 1. The third-order valence-electron chi connectivity index (χ3n) is 4.11. The Labute approximate surface area is 133 Å². The predicted molar refractivity (Wildman–Crippen MR) is 85.9 cm³/mol. The molecule has 0 spiro atoms. The van der Waals surface area contributed by atoms with Gasteiger partial charge >= 0.3 is 6.03 Å². The molecule has 0 unspecified atom stereocenters. The molecular formula is C15H20N6O2. The van der Waals surface area contributed by atoms with Crippen molar-refractivity contribution in [3.8, 4) is 0 Å². The third kappa shape index (κ3) is 3.77. The lowest BCUT2D eigenvalue weighted by atomic mass is 9.97. The maximum absolute atomic E-state index is 11.9. The van der Waals surface area contributed by atoms with Gasteiger partial charge in [-0.1, -0.05) is 0 Å². The van der Waals surface area contributed by atoms with E-state index in [9.17, 15) is 9.59 Å². The zero-order valence-corrected chi connectivity index (χ0v) is 13.0. The van der Waals surface area contributed by atoms with Crippen LogP contribution >= 0.6 is 0 Å². The fourth-order valence-electron chi connectivity index (χ4n) is 2.74. The molecule has 1 fully saturated rings. The second-order valence-electron chi connectivity index (χ2n) is 5.75. The molecule has 8 nitrogen and oxygen atoms in total. The molecule has 3 heterocycles. The lowest BCUT2D eigenvalue weighted by Crippen LogP contribution is -2.41. The van der Waals surface area contributed by atoms with E-state index in [-0.39, 0.29) is 11.9 Å². The molecule has 0 aliphatic carbocycles. The van der Waals surface area contributed by atoms with Gasteiger partial charge in [0.15, 0.2) is 11.5 Å². The zero-order chi connectivity index (χ0) is 16.2. The Balaban J connectivity index is 1.45. The first-order valence-electron chi connectivity index (χ1n) is 7.72. The molecule has 0 radical (unpaired) electrons. The van der Waals surface area contributed by atoms with Crippen molar-refractivity contribution in [2.24, 2.45) is 5.92 Å². The number of anilines is 1. The largest absolute Gasteiger partial charge is 0.345 e. The van der Waals surface area contributed by atoms with Crippen molar-refractivity contribution in [3.63, 3.8) is 0 Å². The first-order valence-corrected chi connectivity index (χ1v) is 7.72. The Bertz CT molecular complexity index is 705. The smallest absolute Gasteiger partial charge is 0.320 e. The van der Waals surface area contributed by atoms with E-state index in [1.165, 1.54) is 6.20 Å². The van der Waals surface area contributed by atoms with Gasteiger partial charge in [0.2, 0.25) is 5.91 Å². The summed E-state index contributed by atoms with van der Waals surface area (Å²) in [7, 11) is 0. The zero-order valence-electron chi connectivity index (χ0n) is 13.0. The van der Waals surface area contributed by atoms with Crippen LogP contribution in [-0.4, -0.2) is 51.4 Å². The number of hydrogen-bond donors (Lipinski definition) is 3. The molecule has 3 amide bonds. The van der Waals surface area contributed by atoms with Gasteiger partial charge in [0.05, 0.1) is 6.20 Å². The Morgan fingerprint density at radius 2 is 2.17 bits per heavy atom. The van der Waals surface area contributed by atoms with Crippen molar-refractivity contribution in [1.82, 2.24) is 25.2 Å². The highest BCUT2D eigenvalue weighted by molar-refractivity contribution is 5.89. The number of carbonyl (C=O) groups is 2. The van der Waals surface area contributed by atoms with Gasteiger partial charge in [-0.3, -0.25) is 10.1 Å².